The summed E-state index contributed by atoms with van der Waals surface area (Å²) in [5.74, 6) is -0.321. The van der Waals surface area contributed by atoms with Gasteiger partial charge in [0.1, 0.15) is 25.5 Å². The number of nitrogens with one attached hydrogen (secondary N) is 1. The molecule has 0 saturated heterocycles. The second-order valence-electron chi connectivity index (χ2n) is 5.08. The van der Waals surface area contributed by atoms with Crippen molar-refractivity contribution in [3.63, 3.8) is 0 Å². The summed E-state index contributed by atoms with van der Waals surface area (Å²) < 4.78 is 10.4. The summed E-state index contributed by atoms with van der Waals surface area (Å²) in [5.41, 5.74) is 0.876. The summed E-state index contributed by atoms with van der Waals surface area (Å²) in [4.78, 5) is 23.3. The van der Waals surface area contributed by atoms with Gasteiger partial charge in [-0.1, -0.05) is 53.5 Å². The molecule has 2 aromatic rings. The minimum absolute atomic E-state index is 0.0480. The van der Waals surface area contributed by atoms with Gasteiger partial charge in [-0.05, 0) is 23.8 Å². The number of carbonyl (C=O) groups is 2. The summed E-state index contributed by atoms with van der Waals surface area (Å²) in [6.07, 6.45) is 0.215. The van der Waals surface area contributed by atoms with Gasteiger partial charge in [-0.15, -0.1) is 0 Å². The van der Waals surface area contributed by atoms with Crippen molar-refractivity contribution in [2.24, 2.45) is 0 Å². The Labute approximate surface area is 155 Å². The van der Waals surface area contributed by atoms with Crippen molar-refractivity contribution in [1.29, 1.82) is 0 Å². The molecule has 2 aromatic carbocycles. The Morgan fingerprint density at radius 2 is 1.76 bits per heavy atom. The Morgan fingerprint density at radius 3 is 2.48 bits per heavy atom. The zero-order valence-corrected chi connectivity index (χ0v) is 14.8. The second-order valence-corrected chi connectivity index (χ2v) is 5.93. The van der Waals surface area contributed by atoms with Crippen molar-refractivity contribution in [3.8, 4) is 5.75 Å². The standard InChI is InChI=1S/C18H17Cl2NO4/c19-14-6-7-16(15(20)11-14)24-8-9-25-18(23)12-21-17(22)10-13-4-2-1-3-5-13/h1-7,11H,8-10,12H2,(H,21,22). The highest BCUT2D eigenvalue weighted by Gasteiger charge is 2.08. The van der Waals surface area contributed by atoms with E-state index >= 15 is 0 Å². The highest BCUT2D eigenvalue weighted by atomic mass is 35.5. The summed E-state index contributed by atoms with van der Waals surface area (Å²) >= 11 is 11.7. The quantitative estimate of drug-likeness (QED) is 0.562. The van der Waals surface area contributed by atoms with Gasteiger partial charge in [0.25, 0.3) is 0 Å². The average Bonchev–Trinajstić information content (AvgIpc) is 2.59. The monoisotopic (exact) mass is 381 g/mol. The molecule has 0 aromatic heterocycles. The number of carbonyl (C=O) groups excluding carboxylic acids is 2. The lowest BCUT2D eigenvalue weighted by molar-refractivity contribution is -0.144. The number of rotatable bonds is 8. The molecule has 0 aliphatic carbocycles. The first kappa shape index (κ1) is 19.1. The predicted octanol–water partition coefficient (Wildman–Crippen LogP) is 3.27. The maximum absolute atomic E-state index is 11.7. The molecule has 1 amide bonds. The van der Waals surface area contributed by atoms with E-state index in [1.165, 1.54) is 0 Å². The molecule has 132 valence electrons. The van der Waals surface area contributed by atoms with Crippen LogP contribution in [0.2, 0.25) is 10.0 Å². The molecule has 2 rings (SSSR count). The number of ether oxygens (including phenoxy) is 2. The first-order chi connectivity index (χ1) is 12.0. The fourth-order valence-corrected chi connectivity index (χ4v) is 2.43. The Kier molecular flexibility index (Phi) is 7.57. The van der Waals surface area contributed by atoms with Crippen molar-refractivity contribution in [3.05, 3.63) is 64.1 Å². The molecular formula is C18H17Cl2NO4. The molecule has 0 spiro atoms. The minimum atomic E-state index is -0.535. The van der Waals surface area contributed by atoms with Crippen LogP contribution in [0.1, 0.15) is 5.56 Å². The van der Waals surface area contributed by atoms with E-state index in [9.17, 15) is 9.59 Å². The maximum atomic E-state index is 11.7. The molecule has 0 aliphatic rings. The number of esters is 1. The highest BCUT2D eigenvalue weighted by Crippen LogP contribution is 2.27. The molecule has 0 saturated carbocycles. The molecule has 0 fully saturated rings. The van der Waals surface area contributed by atoms with E-state index in [1.54, 1.807) is 18.2 Å². The van der Waals surface area contributed by atoms with Gasteiger partial charge in [0, 0.05) is 5.02 Å². The van der Waals surface area contributed by atoms with Crippen LogP contribution in [-0.2, 0) is 20.7 Å². The van der Waals surface area contributed by atoms with E-state index in [0.29, 0.717) is 15.8 Å². The third-order valence-electron chi connectivity index (χ3n) is 3.14. The van der Waals surface area contributed by atoms with Gasteiger partial charge in [-0.3, -0.25) is 9.59 Å². The lowest BCUT2D eigenvalue weighted by atomic mass is 10.1. The van der Waals surface area contributed by atoms with Crippen LogP contribution in [0, 0.1) is 0 Å². The third kappa shape index (κ3) is 7.03. The number of hydrogen-bond acceptors (Lipinski definition) is 4. The second kappa shape index (κ2) is 9.91. The van der Waals surface area contributed by atoms with Gasteiger partial charge in [0.15, 0.2) is 0 Å². The van der Waals surface area contributed by atoms with Gasteiger partial charge < -0.3 is 14.8 Å². The normalized spacial score (nSPS) is 10.2. The van der Waals surface area contributed by atoms with Crippen LogP contribution < -0.4 is 10.1 Å². The number of amides is 1. The molecule has 0 aliphatic heterocycles. The predicted molar refractivity (Wildman–Crippen MR) is 96.1 cm³/mol. The molecule has 0 bridgehead atoms. The molecule has 0 radical (unpaired) electrons. The molecule has 1 N–H and O–H groups in total. The van der Waals surface area contributed by atoms with Crippen LogP contribution in [0.4, 0.5) is 0 Å². The first-order valence-corrected chi connectivity index (χ1v) is 8.34. The Balaban J connectivity index is 1.61. The van der Waals surface area contributed by atoms with Crippen LogP contribution in [0.25, 0.3) is 0 Å². The van der Waals surface area contributed by atoms with Crippen LogP contribution in [-0.4, -0.2) is 31.6 Å². The van der Waals surface area contributed by atoms with Gasteiger partial charge >= 0.3 is 5.97 Å². The van der Waals surface area contributed by atoms with Gasteiger partial charge in [0.2, 0.25) is 5.91 Å². The zero-order valence-electron chi connectivity index (χ0n) is 13.3. The largest absolute Gasteiger partial charge is 0.488 e. The smallest absolute Gasteiger partial charge is 0.325 e. The highest BCUT2D eigenvalue weighted by molar-refractivity contribution is 6.35. The molecular weight excluding hydrogens is 365 g/mol. The van der Waals surface area contributed by atoms with E-state index in [4.69, 9.17) is 32.7 Å². The molecule has 25 heavy (non-hydrogen) atoms. The Morgan fingerprint density at radius 1 is 1.00 bits per heavy atom. The Bertz CT molecular complexity index is 722. The topological polar surface area (TPSA) is 64.6 Å². The average molecular weight is 382 g/mol. The van der Waals surface area contributed by atoms with Crippen molar-refractivity contribution in [2.75, 3.05) is 19.8 Å². The molecule has 7 heteroatoms. The van der Waals surface area contributed by atoms with Gasteiger partial charge in [-0.2, -0.15) is 0 Å². The van der Waals surface area contributed by atoms with Crippen LogP contribution in [0.5, 0.6) is 5.75 Å². The van der Waals surface area contributed by atoms with E-state index in [1.807, 2.05) is 30.3 Å². The first-order valence-electron chi connectivity index (χ1n) is 7.58. The minimum Gasteiger partial charge on any atom is -0.488 e. The zero-order chi connectivity index (χ0) is 18.1. The number of benzene rings is 2. The lowest BCUT2D eigenvalue weighted by Gasteiger charge is -2.09. The molecule has 0 heterocycles. The number of halogens is 2. The van der Waals surface area contributed by atoms with E-state index in [0.717, 1.165) is 5.56 Å². The molecule has 5 nitrogen and oxygen atoms in total. The van der Waals surface area contributed by atoms with Crippen molar-refractivity contribution < 1.29 is 19.1 Å². The van der Waals surface area contributed by atoms with E-state index < -0.39 is 5.97 Å². The summed E-state index contributed by atoms with van der Waals surface area (Å²) in [5, 5.41) is 3.41. The lowest BCUT2D eigenvalue weighted by Crippen LogP contribution is -2.32. The fraction of sp³-hybridized carbons (Fsp3) is 0.222. The SMILES string of the molecule is O=C(Cc1ccccc1)NCC(=O)OCCOc1ccc(Cl)cc1Cl. The van der Waals surface area contributed by atoms with Crippen molar-refractivity contribution >= 4 is 35.1 Å². The number of hydrogen-bond donors (Lipinski definition) is 1. The van der Waals surface area contributed by atoms with Gasteiger partial charge in [-0.25, -0.2) is 0 Å². The molecule has 0 atom stereocenters. The maximum Gasteiger partial charge on any atom is 0.325 e. The van der Waals surface area contributed by atoms with Crippen LogP contribution in [0.15, 0.2) is 48.5 Å². The third-order valence-corrected chi connectivity index (χ3v) is 3.67. The van der Waals surface area contributed by atoms with E-state index in [2.05, 4.69) is 5.32 Å². The van der Waals surface area contributed by atoms with Crippen LogP contribution >= 0.6 is 23.2 Å². The summed E-state index contributed by atoms with van der Waals surface area (Å²) in [6, 6.07) is 14.1. The van der Waals surface area contributed by atoms with Gasteiger partial charge in [0.05, 0.1) is 11.4 Å². The molecule has 0 unspecified atom stereocenters. The van der Waals surface area contributed by atoms with E-state index in [-0.39, 0.29) is 32.1 Å². The summed E-state index contributed by atoms with van der Waals surface area (Å²) in [6.45, 7) is 0.00473. The van der Waals surface area contributed by atoms with Crippen LogP contribution in [0.3, 0.4) is 0 Å². The Hall–Kier alpha value is -2.24. The van der Waals surface area contributed by atoms with Crippen molar-refractivity contribution in [1.82, 2.24) is 5.32 Å². The summed E-state index contributed by atoms with van der Waals surface area (Å²) in [7, 11) is 0. The fourth-order valence-electron chi connectivity index (χ4n) is 1.96. The van der Waals surface area contributed by atoms with Crippen molar-refractivity contribution in [2.45, 2.75) is 6.42 Å².